The van der Waals surface area contributed by atoms with Crippen LogP contribution in [0.1, 0.15) is 5.82 Å². The van der Waals surface area contributed by atoms with Crippen LogP contribution in [0.25, 0.3) is 0 Å². The molecule has 0 saturated heterocycles. The van der Waals surface area contributed by atoms with Gasteiger partial charge in [-0.2, -0.15) is 0 Å². The van der Waals surface area contributed by atoms with E-state index < -0.39 is 0 Å². The van der Waals surface area contributed by atoms with Crippen LogP contribution in [0.15, 0.2) is 0 Å². The Bertz CT molecular complexity index is 243. The first-order valence-electron chi connectivity index (χ1n) is 3.84. The Balaban J connectivity index is 2.78. The summed E-state index contributed by atoms with van der Waals surface area (Å²) < 4.78 is 11.9. The highest BCUT2D eigenvalue weighted by Crippen LogP contribution is 2.11. The molecule has 0 amide bonds. The highest BCUT2D eigenvalue weighted by atomic mass is 79.9. The minimum Gasteiger partial charge on any atom is -0.467 e. The second-order valence-electron chi connectivity index (χ2n) is 2.38. The maximum absolute atomic E-state index is 5.04. The first kappa shape index (κ1) is 10.5. The van der Waals surface area contributed by atoms with Gasteiger partial charge >= 0.3 is 6.01 Å². The molecule has 5 nitrogen and oxygen atoms in total. The first-order valence-corrected chi connectivity index (χ1v) is 4.96. The summed E-state index contributed by atoms with van der Waals surface area (Å²) in [5, 5.41) is 8.47. The van der Waals surface area contributed by atoms with Crippen molar-refractivity contribution in [2.75, 3.05) is 20.8 Å². The van der Waals surface area contributed by atoms with Crippen LogP contribution < -0.4 is 4.74 Å². The molecule has 0 radical (unpaired) electrons. The van der Waals surface area contributed by atoms with E-state index in [-0.39, 0.29) is 0 Å². The number of hydrogen-bond acceptors (Lipinski definition) is 4. The molecule has 13 heavy (non-hydrogen) atoms. The van der Waals surface area contributed by atoms with Gasteiger partial charge in [-0.25, -0.2) is 0 Å². The zero-order valence-corrected chi connectivity index (χ0v) is 9.24. The summed E-state index contributed by atoms with van der Waals surface area (Å²) in [5.41, 5.74) is 0. The molecule has 0 bridgehead atoms. The summed E-state index contributed by atoms with van der Waals surface area (Å²) in [7, 11) is 3.23. The van der Waals surface area contributed by atoms with Crippen molar-refractivity contribution in [1.82, 2.24) is 14.8 Å². The van der Waals surface area contributed by atoms with Gasteiger partial charge in [-0.05, 0) is 0 Å². The van der Waals surface area contributed by atoms with Gasteiger partial charge in [-0.3, -0.25) is 4.57 Å². The van der Waals surface area contributed by atoms with Crippen LogP contribution in [0.4, 0.5) is 0 Å². The Labute approximate surface area is 85.2 Å². The van der Waals surface area contributed by atoms with Crippen LogP contribution in [-0.2, 0) is 16.6 Å². The Morgan fingerprint density at radius 3 is 2.69 bits per heavy atom. The van der Waals surface area contributed by atoms with E-state index in [0.717, 1.165) is 5.82 Å². The van der Waals surface area contributed by atoms with Crippen molar-refractivity contribution >= 4 is 15.9 Å². The van der Waals surface area contributed by atoms with Crippen LogP contribution >= 0.6 is 15.9 Å². The highest BCUT2D eigenvalue weighted by Gasteiger charge is 2.10. The first-order chi connectivity index (χ1) is 6.33. The van der Waals surface area contributed by atoms with Crippen LogP contribution in [-0.4, -0.2) is 35.6 Å². The zero-order valence-electron chi connectivity index (χ0n) is 7.66. The summed E-state index contributed by atoms with van der Waals surface area (Å²) in [4.78, 5) is 0. The predicted molar refractivity (Wildman–Crippen MR) is 51.1 cm³/mol. The van der Waals surface area contributed by atoms with Gasteiger partial charge in [-0.1, -0.05) is 21.0 Å². The van der Waals surface area contributed by atoms with E-state index in [1.165, 1.54) is 0 Å². The highest BCUT2D eigenvalue weighted by molar-refractivity contribution is 9.08. The molecule has 1 heterocycles. The monoisotopic (exact) mass is 249 g/mol. The summed E-state index contributed by atoms with van der Waals surface area (Å²) in [6.45, 7) is 1.32. The van der Waals surface area contributed by atoms with Crippen LogP contribution in [0, 0.1) is 0 Å². The number of rotatable bonds is 5. The molecule has 74 valence electrons. The maximum Gasteiger partial charge on any atom is 0.316 e. The quantitative estimate of drug-likeness (QED) is 0.726. The average molecular weight is 250 g/mol. The van der Waals surface area contributed by atoms with Crippen molar-refractivity contribution in [3.63, 3.8) is 0 Å². The number of alkyl halides is 1. The van der Waals surface area contributed by atoms with Gasteiger partial charge in [0, 0.05) is 7.11 Å². The third-order valence-electron chi connectivity index (χ3n) is 1.61. The van der Waals surface area contributed by atoms with Crippen molar-refractivity contribution in [3.8, 4) is 6.01 Å². The fourth-order valence-corrected chi connectivity index (χ4v) is 1.39. The molecule has 0 atom stereocenters. The van der Waals surface area contributed by atoms with Gasteiger partial charge in [0.15, 0.2) is 0 Å². The summed E-state index contributed by atoms with van der Waals surface area (Å²) in [5.74, 6) is 0.842. The van der Waals surface area contributed by atoms with Crippen molar-refractivity contribution in [2.45, 2.75) is 11.9 Å². The molecule has 0 unspecified atom stereocenters. The molecule has 0 N–H and O–H groups in total. The number of nitrogens with zero attached hydrogens (tertiary/aromatic N) is 3. The van der Waals surface area contributed by atoms with E-state index in [2.05, 4.69) is 26.1 Å². The third-order valence-corrected chi connectivity index (χ3v) is 2.12. The third kappa shape index (κ3) is 2.41. The largest absolute Gasteiger partial charge is 0.467 e. The summed E-state index contributed by atoms with van der Waals surface area (Å²) in [6, 6.07) is 0.520. The predicted octanol–water partition coefficient (Wildman–Crippen LogP) is 0.828. The zero-order chi connectivity index (χ0) is 9.68. The normalized spacial score (nSPS) is 10.4. The summed E-state index contributed by atoms with van der Waals surface area (Å²) >= 11 is 3.32. The van der Waals surface area contributed by atoms with Gasteiger partial charge in [0.2, 0.25) is 0 Å². The smallest absolute Gasteiger partial charge is 0.316 e. The SMILES string of the molecule is COCCn1c(CBr)nnc1OC. The van der Waals surface area contributed by atoms with E-state index >= 15 is 0 Å². The summed E-state index contributed by atoms with van der Waals surface area (Å²) in [6.07, 6.45) is 0. The van der Waals surface area contributed by atoms with Crippen molar-refractivity contribution in [2.24, 2.45) is 0 Å². The topological polar surface area (TPSA) is 49.2 Å². The lowest BCUT2D eigenvalue weighted by Crippen LogP contribution is -2.08. The van der Waals surface area contributed by atoms with Crippen LogP contribution in [0.5, 0.6) is 6.01 Å². The molecule has 0 aliphatic heterocycles. The van der Waals surface area contributed by atoms with Crippen LogP contribution in [0.2, 0.25) is 0 Å². The van der Waals surface area contributed by atoms with Crippen LogP contribution in [0.3, 0.4) is 0 Å². The second kappa shape index (κ2) is 5.18. The molecule has 0 fully saturated rings. The molecule has 0 aromatic carbocycles. The fraction of sp³-hybridized carbons (Fsp3) is 0.714. The van der Waals surface area contributed by atoms with Crippen molar-refractivity contribution in [3.05, 3.63) is 5.82 Å². The minimum atomic E-state index is 0.520. The lowest BCUT2D eigenvalue weighted by molar-refractivity contribution is 0.182. The second-order valence-corrected chi connectivity index (χ2v) is 2.94. The van der Waals surface area contributed by atoms with E-state index in [1.807, 2.05) is 4.57 Å². The average Bonchev–Trinajstić information content (AvgIpc) is 2.56. The molecule has 0 aliphatic carbocycles. The van der Waals surface area contributed by atoms with E-state index in [1.54, 1.807) is 14.2 Å². The van der Waals surface area contributed by atoms with Gasteiger partial charge in [0.1, 0.15) is 5.82 Å². The van der Waals surface area contributed by atoms with Crippen molar-refractivity contribution < 1.29 is 9.47 Å². The molecule has 0 aliphatic rings. The Morgan fingerprint density at radius 1 is 1.38 bits per heavy atom. The molecule has 6 heteroatoms. The molecule has 0 saturated carbocycles. The molecule has 1 rings (SSSR count). The number of methoxy groups -OCH3 is 2. The fourth-order valence-electron chi connectivity index (χ4n) is 0.976. The Morgan fingerprint density at radius 2 is 2.15 bits per heavy atom. The molecule has 1 aromatic rings. The van der Waals surface area contributed by atoms with Gasteiger partial charge in [0.25, 0.3) is 0 Å². The lowest BCUT2D eigenvalue weighted by atomic mass is 10.6. The van der Waals surface area contributed by atoms with E-state index in [9.17, 15) is 0 Å². The Kier molecular flexibility index (Phi) is 4.17. The van der Waals surface area contributed by atoms with Gasteiger partial charge in [0.05, 0.1) is 25.6 Å². The van der Waals surface area contributed by atoms with E-state index in [0.29, 0.717) is 24.5 Å². The Hall–Kier alpha value is -0.620. The molecular weight excluding hydrogens is 238 g/mol. The minimum absolute atomic E-state index is 0.520. The van der Waals surface area contributed by atoms with Crippen molar-refractivity contribution in [1.29, 1.82) is 0 Å². The van der Waals surface area contributed by atoms with Gasteiger partial charge in [-0.15, -0.1) is 5.10 Å². The maximum atomic E-state index is 5.04. The number of halogens is 1. The molecule has 0 spiro atoms. The number of aromatic nitrogens is 3. The number of ether oxygens (including phenoxy) is 2. The standard InChI is InChI=1S/C7H12BrN3O2/c1-12-4-3-11-6(5-8)9-10-7(11)13-2/h3-5H2,1-2H3. The molecule has 1 aromatic heterocycles. The number of hydrogen-bond donors (Lipinski definition) is 0. The molecular formula is C7H12BrN3O2. The van der Waals surface area contributed by atoms with E-state index in [4.69, 9.17) is 9.47 Å². The van der Waals surface area contributed by atoms with Gasteiger partial charge < -0.3 is 9.47 Å². The lowest BCUT2D eigenvalue weighted by Gasteiger charge is -2.06.